The van der Waals surface area contributed by atoms with Crippen molar-refractivity contribution in [2.24, 2.45) is 17.8 Å². The van der Waals surface area contributed by atoms with Crippen LogP contribution in [0, 0.1) is 17.8 Å². The van der Waals surface area contributed by atoms with Crippen molar-refractivity contribution >= 4 is 39.5 Å². The molecule has 0 aromatic heterocycles. The molecule has 0 spiro atoms. The van der Waals surface area contributed by atoms with Crippen LogP contribution in [0.4, 0.5) is 0 Å². The molecule has 0 fully saturated rings. The number of esters is 4. The molecule has 0 aliphatic heterocycles. The zero-order chi connectivity index (χ0) is 68.7. The molecule has 0 saturated carbocycles. The molecule has 19 heteroatoms. The molecule has 0 saturated heterocycles. The molecule has 0 aliphatic carbocycles. The Morgan fingerprint density at radius 3 is 0.731 bits per heavy atom. The fraction of sp³-hybridized carbons (Fsp3) is 0.946. The molecule has 0 rings (SSSR count). The second-order valence-electron chi connectivity index (χ2n) is 28.1. The summed E-state index contributed by atoms with van der Waals surface area (Å²) in [6, 6.07) is 0. The van der Waals surface area contributed by atoms with E-state index in [9.17, 15) is 43.2 Å². The van der Waals surface area contributed by atoms with Crippen molar-refractivity contribution in [3.63, 3.8) is 0 Å². The second-order valence-corrected chi connectivity index (χ2v) is 31.0. The minimum absolute atomic E-state index is 0.104. The van der Waals surface area contributed by atoms with Gasteiger partial charge < -0.3 is 33.8 Å². The van der Waals surface area contributed by atoms with Gasteiger partial charge in [0.1, 0.15) is 19.3 Å². The third-order valence-electron chi connectivity index (χ3n) is 17.1. The maximum Gasteiger partial charge on any atom is 0.472 e. The molecule has 17 nitrogen and oxygen atoms in total. The topological polar surface area (TPSA) is 237 Å². The lowest BCUT2D eigenvalue weighted by molar-refractivity contribution is -0.161. The Kier molecular flexibility index (Phi) is 63.4. The molecule has 93 heavy (non-hydrogen) atoms. The summed E-state index contributed by atoms with van der Waals surface area (Å²) in [5.41, 5.74) is 0. The monoisotopic (exact) mass is 1370 g/mol. The zero-order valence-corrected chi connectivity index (χ0v) is 62.5. The molecule has 5 atom stereocenters. The Morgan fingerprint density at radius 1 is 0.290 bits per heavy atom. The fourth-order valence-electron chi connectivity index (χ4n) is 11.2. The van der Waals surface area contributed by atoms with Crippen molar-refractivity contribution < 1.29 is 80.2 Å². The van der Waals surface area contributed by atoms with Crippen molar-refractivity contribution in [1.82, 2.24) is 0 Å². The third-order valence-corrected chi connectivity index (χ3v) is 19.0. The normalized spacial score (nSPS) is 14.1. The lowest BCUT2D eigenvalue weighted by Crippen LogP contribution is -2.30. The molecule has 0 aromatic carbocycles. The second kappa shape index (κ2) is 64.7. The van der Waals surface area contributed by atoms with Crippen LogP contribution in [0.25, 0.3) is 0 Å². The highest BCUT2D eigenvalue weighted by Gasteiger charge is 2.30. The largest absolute Gasteiger partial charge is 0.472 e. The van der Waals surface area contributed by atoms with Gasteiger partial charge in [-0.2, -0.15) is 0 Å². The average Bonchev–Trinajstić information content (AvgIpc) is 3.05. The lowest BCUT2D eigenvalue weighted by atomic mass is 10.0. The maximum atomic E-state index is 13.1. The van der Waals surface area contributed by atoms with Gasteiger partial charge in [0, 0.05) is 25.7 Å². The van der Waals surface area contributed by atoms with Gasteiger partial charge >= 0.3 is 39.5 Å². The van der Waals surface area contributed by atoms with Crippen LogP contribution in [0.5, 0.6) is 0 Å². The minimum atomic E-state index is -4.96. The van der Waals surface area contributed by atoms with Gasteiger partial charge in [-0.1, -0.05) is 325 Å². The highest BCUT2D eigenvalue weighted by atomic mass is 31.2. The lowest BCUT2D eigenvalue weighted by Gasteiger charge is -2.21. The van der Waals surface area contributed by atoms with Crippen molar-refractivity contribution in [2.75, 3.05) is 39.6 Å². The summed E-state index contributed by atoms with van der Waals surface area (Å²) < 4.78 is 68.4. The highest BCUT2D eigenvalue weighted by Crippen LogP contribution is 2.45. The molecule has 0 bridgehead atoms. The first-order chi connectivity index (χ1) is 44.7. The van der Waals surface area contributed by atoms with Gasteiger partial charge in [-0.25, -0.2) is 9.13 Å². The summed E-state index contributed by atoms with van der Waals surface area (Å²) in [5, 5.41) is 10.6. The predicted octanol–water partition coefficient (Wildman–Crippen LogP) is 21.4. The summed E-state index contributed by atoms with van der Waals surface area (Å²) in [6.07, 6.45) is 49.9. The molecule has 0 radical (unpaired) electrons. The van der Waals surface area contributed by atoms with Gasteiger partial charge in [-0.05, 0) is 43.4 Å². The zero-order valence-electron chi connectivity index (χ0n) is 60.7. The van der Waals surface area contributed by atoms with E-state index in [0.29, 0.717) is 25.7 Å². The Hall–Kier alpha value is -1.94. The van der Waals surface area contributed by atoms with Crippen molar-refractivity contribution in [3.05, 3.63) is 0 Å². The van der Waals surface area contributed by atoms with E-state index in [1.54, 1.807) is 0 Å². The number of hydrogen-bond donors (Lipinski definition) is 3. The summed E-state index contributed by atoms with van der Waals surface area (Å²) in [5.74, 6) is 0.175. The Balaban J connectivity index is 5.24. The maximum absolute atomic E-state index is 13.1. The first kappa shape index (κ1) is 91.1. The molecule has 0 heterocycles. The first-order valence-corrected chi connectivity index (χ1v) is 41.3. The van der Waals surface area contributed by atoms with E-state index in [1.807, 2.05) is 0 Å². The standard InChI is InChI=1S/C74H144O17P2/c1-8-9-10-11-12-13-26-34-41-48-55-71(76)84-62-70(91-74(79)58-51-44-37-30-29-33-40-47-54-67(6)7)64-89-93(82,83)87-60-68(75)59-86-92(80,81)88-63-69(90-73(78)57-50-43-36-28-23-19-15-17-21-25-32-39-46-53-66(4)5)61-85-72(77)56-49-42-35-27-22-18-14-16-20-24-31-38-45-52-65(2)3/h65-70,75H,8-64H2,1-7H3,(H,80,81)(H,82,83)/t68-,69-,70-/m1/s1. The van der Waals surface area contributed by atoms with Crippen molar-refractivity contribution in [1.29, 1.82) is 0 Å². The number of ether oxygens (including phenoxy) is 4. The molecule has 0 amide bonds. The predicted molar refractivity (Wildman–Crippen MR) is 377 cm³/mol. The number of rotatable bonds is 72. The van der Waals surface area contributed by atoms with E-state index >= 15 is 0 Å². The fourth-order valence-corrected chi connectivity index (χ4v) is 12.8. The van der Waals surface area contributed by atoms with Crippen LogP contribution in [-0.2, 0) is 65.4 Å². The summed E-state index contributed by atoms with van der Waals surface area (Å²) in [7, 11) is -9.91. The highest BCUT2D eigenvalue weighted by molar-refractivity contribution is 7.47. The summed E-state index contributed by atoms with van der Waals surface area (Å²) in [4.78, 5) is 72.7. The Morgan fingerprint density at radius 2 is 0.495 bits per heavy atom. The van der Waals surface area contributed by atoms with Crippen molar-refractivity contribution in [3.8, 4) is 0 Å². The number of aliphatic hydroxyl groups excluding tert-OH is 1. The molecule has 3 N–H and O–H groups in total. The van der Waals surface area contributed by atoms with Gasteiger partial charge in [0.2, 0.25) is 0 Å². The minimum Gasteiger partial charge on any atom is -0.462 e. The third kappa shape index (κ3) is 68.4. The van der Waals surface area contributed by atoms with E-state index < -0.39 is 97.5 Å². The summed E-state index contributed by atoms with van der Waals surface area (Å²) >= 11 is 0. The van der Waals surface area contributed by atoms with Gasteiger partial charge in [0.05, 0.1) is 26.4 Å². The van der Waals surface area contributed by atoms with E-state index in [0.717, 1.165) is 108 Å². The molecule has 2 unspecified atom stereocenters. The van der Waals surface area contributed by atoms with E-state index in [1.165, 1.54) is 186 Å². The van der Waals surface area contributed by atoms with Crippen LogP contribution < -0.4 is 0 Å². The van der Waals surface area contributed by atoms with Crippen LogP contribution in [0.2, 0.25) is 0 Å². The average molecular weight is 1370 g/mol. The van der Waals surface area contributed by atoms with Crippen LogP contribution in [-0.4, -0.2) is 96.7 Å². The SMILES string of the molecule is CCCCCCCCCCCCC(=O)OC[C@H](COP(=O)(O)OC[C@H](O)COP(=O)(O)OC[C@@H](COC(=O)CCCCCCCCCCCCCCCC(C)C)OC(=O)CCCCCCCCCCCCCCCC(C)C)OC(=O)CCCCCCCCCCC(C)C. The molecular formula is C74H144O17P2. The van der Waals surface area contributed by atoms with Crippen LogP contribution >= 0.6 is 15.6 Å². The van der Waals surface area contributed by atoms with E-state index in [-0.39, 0.29) is 25.7 Å². The molecule has 0 aromatic rings. The Bertz CT molecular complexity index is 1820. The quantitative estimate of drug-likeness (QED) is 0.0222. The van der Waals surface area contributed by atoms with Gasteiger partial charge in [0.15, 0.2) is 12.2 Å². The molecular weight excluding hydrogens is 1220 g/mol. The van der Waals surface area contributed by atoms with Crippen LogP contribution in [0.15, 0.2) is 0 Å². The number of hydrogen-bond acceptors (Lipinski definition) is 15. The summed E-state index contributed by atoms with van der Waals surface area (Å²) in [6.45, 7) is 11.9. The van der Waals surface area contributed by atoms with E-state index in [2.05, 4.69) is 48.5 Å². The van der Waals surface area contributed by atoms with Gasteiger partial charge in [-0.15, -0.1) is 0 Å². The Labute approximate surface area is 568 Å². The number of aliphatic hydroxyl groups is 1. The number of phosphoric ester groups is 2. The molecule has 0 aliphatic rings. The van der Waals surface area contributed by atoms with E-state index in [4.69, 9.17) is 37.0 Å². The number of unbranched alkanes of at least 4 members (excludes halogenated alkanes) is 40. The smallest absolute Gasteiger partial charge is 0.462 e. The van der Waals surface area contributed by atoms with Crippen LogP contribution in [0.1, 0.15) is 376 Å². The van der Waals surface area contributed by atoms with Crippen LogP contribution in [0.3, 0.4) is 0 Å². The van der Waals surface area contributed by atoms with Gasteiger partial charge in [0.25, 0.3) is 0 Å². The van der Waals surface area contributed by atoms with Gasteiger partial charge in [-0.3, -0.25) is 37.3 Å². The number of carbonyl (C=O) groups is 4. The number of phosphoric acid groups is 2. The number of carbonyl (C=O) groups excluding carboxylic acids is 4. The van der Waals surface area contributed by atoms with Crippen molar-refractivity contribution in [2.45, 2.75) is 394 Å². The first-order valence-electron chi connectivity index (χ1n) is 38.3. The molecule has 552 valence electrons.